The summed E-state index contributed by atoms with van der Waals surface area (Å²) < 4.78 is 35.4. The summed E-state index contributed by atoms with van der Waals surface area (Å²) in [7, 11) is -8.31. The van der Waals surface area contributed by atoms with Gasteiger partial charge in [-0.1, -0.05) is 0 Å². The van der Waals surface area contributed by atoms with Crippen molar-refractivity contribution >= 4 is 17.7 Å². The van der Waals surface area contributed by atoms with Crippen LogP contribution in [0.2, 0.25) is 0 Å². The molecule has 0 unspecified atom stereocenters. The maximum atomic E-state index is 10.6. The van der Waals surface area contributed by atoms with E-state index < -0.39 is 29.8 Å². The third-order valence-electron chi connectivity index (χ3n) is 0.768. The van der Waals surface area contributed by atoms with Gasteiger partial charge in [0.2, 0.25) is 0 Å². The molecule has 0 aromatic carbocycles. The summed E-state index contributed by atoms with van der Waals surface area (Å²) in [5, 5.41) is 0. The van der Waals surface area contributed by atoms with Gasteiger partial charge in [0.05, 0.1) is 5.75 Å². The average Bonchev–Trinajstić information content (AvgIpc) is 1.83. The molecule has 7 nitrogen and oxygen atoms in total. The molecule has 0 saturated heterocycles. The topological polar surface area (TPSA) is 127 Å². The molecule has 0 aromatic rings. The molecule has 0 radical (unpaired) electrons. The Bertz CT molecular complexity index is 267. The Balaban J connectivity index is 4.02. The highest BCUT2D eigenvalue weighted by Gasteiger charge is 2.19. The predicted octanol–water partition coefficient (Wildman–Crippen LogP) is -1.57. The van der Waals surface area contributed by atoms with E-state index in [1.165, 1.54) is 0 Å². The number of nitrogens with two attached hydrogens (primary N) is 1. The van der Waals surface area contributed by atoms with Gasteiger partial charge in [-0.3, -0.25) is 8.75 Å². The first-order valence-corrected chi connectivity index (χ1v) is 6.26. The van der Waals surface area contributed by atoms with Crippen LogP contribution in [-0.2, 0) is 18.9 Å². The van der Waals surface area contributed by atoms with Gasteiger partial charge in [0.1, 0.15) is 0 Å². The molecule has 0 bridgehead atoms. The van der Waals surface area contributed by atoms with Crippen molar-refractivity contribution in [2.75, 3.05) is 18.6 Å². The number of hydrogen-bond acceptors (Lipinski definition) is 5. The zero-order valence-electron chi connectivity index (χ0n) is 6.08. The SMILES string of the molecule is NCCS(=O)(=O)OCP(=O)(O)O. The second-order valence-corrected chi connectivity index (χ2v) is 5.31. The molecule has 0 fully saturated rings. The molecule has 0 aliphatic carbocycles. The lowest BCUT2D eigenvalue weighted by molar-refractivity contribution is 0.301. The standard InChI is InChI=1S/C3H10NO6PS/c4-1-2-12(8,9)10-3-11(5,6)7/h1-4H2,(H2,5,6,7). The van der Waals surface area contributed by atoms with E-state index in [2.05, 4.69) is 4.18 Å². The lowest BCUT2D eigenvalue weighted by Gasteiger charge is -2.04. The molecule has 0 rings (SSSR count). The Morgan fingerprint density at radius 2 is 1.92 bits per heavy atom. The zero-order chi connectivity index (χ0) is 9.83. The molecule has 0 aliphatic rings. The minimum Gasteiger partial charge on any atom is -0.329 e. The first kappa shape index (κ1) is 12.0. The molecule has 0 aliphatic heterocycles. The minimum atomic E-state index is -4.43. The van der Waals surface area contributed by atoms with Gasteiger partial charge >= 0.3 is 7.60 Å². The quantitative estimate of drug-likeness (QED) is 0.376. The van der Waals surface area contributed by atoms with Crippen molar-refractivity contribution < 1.29 is 27.0 Å². The Hall–Kier alpha value is 0.0200. The monoisotopic (exact) mass is 219 g/mol. The molecule has 0 aromatic heterocycles. The summed E-state index contributed by atoms with van der Waals surface area (Å²) in [4.78, 5) is 16.5. The van der Waals surface area contributed by atoms with E-state index in [1.54, 1.807) is 0 Å². The molecular weight excluding hydrogens is 209 g/mol. The third-order valence-corrected chi connectivity index (χ3v) is 2.62. The summed E-state index contributed by atoms with van der Waals surface area (Å²) in [6, 6.07) is 0. The average molecular weight is 219 g/mol. The van der Waals surface area contributed by atoms with Gasteiger partial charge in [-0.05, 0) is 0 Å². The smallest absolute Gasteiger partial charge is 0.329 e. The molecule has 0 amide bonds. The zero-order valence-corrected chi connectivity index (χ0v) is 7.79. The molecule has 4 N–H and O–H groups in total. The Morgan fingerprint density at radius 1 is 1.42 bits per heavy atom. The lowest BCUT2D eigenvalue weighted by Crippen LogP contribution is -2.18. The minimum absolute atomic E-state index is 0.149. The molecule has 74 valence electrons. The first-order valence-electron chi connectivity index (χ1n) is 2.88. The van der Waals surface area contributed by atoms with Crippen LogP contribution in [0.25, 0.3) is 0 Å². The molecule has 0 atom stereocenters. The normalized spacial score (nSPS) is 13.2. The van der Waals surface area contributed by atoms with Gasteiger partial charge < -0.3 is 15.5 Å². The highest BCUT2D eigenvalue weighted by atomic mass is 32.2. The number of rotatable bonds is 5. The van der Waals surface area contributed by atoms with Gasteiger partial charge in [0.15, 0.2) is 6.35 Å². The van der Waals surface area contributed by atoms with E-state index in [9.17, 15) is 13.0 Å². The Kier molecular flexibility index (Phi) is 4.32. The molecule has 0 heterocycles. The van der Waals surface area contributed by atoms with Crippen molar-refractivity contribution in [2.45, 2.75) is 0 Å². The summed E-state index contributed by atoms with van der Waals surface area (Å²) in [5.74, 6) is -0.451. The second kappa shape index (κ2) is 4.31. The summed E-state index contributed by atoms with van der Waals surface area (Å²) in [6.45, 7) is -0.149. The maximum absolute atomic E-state index is 10.6. The number of hydrogen-bond donors (Lipinski definition) is 3. The first-order chi connectivity index (χ1) is 5.27. The van der Waals surface area contributed by atoms with Crippen LogP contribution in [-0.4, -0.2) is 36.9 Å². The fourth-order valence-electron chi connectivity index (χ4n) is 0.352. The second-order valence-electron chi connectivity index (χ2n) is 1.96. The van der Waals surface area contributed by atoms with Gasteiger partial charge in [0, 0.05) is 6.54 Å². The van der Waals surface area contributed by atoms with E-state index in [4.69, 9.17) is 15.5 Å². The van der Waals surface area contributed by atoms with Gasteiger partial charge in [-0.2, -0.15) is 8.42 Å². The van der Waals surface area contributed by atoms with Crippen molar-refractivity contribution in [3.05, 3.63) is 0 Å². The molecule has 0 spiro atoms. The van der Waals surface area contributed by atoms with E-state index in [-0.39, 0.29) is 6.54 Å². The highest BCUT2D eigenvalue weighted by Crippen LogP contribution is 2.34. The summed E-state index contributed by atoms with van der Waals surface area (Å²) in [6.07, 6.45) is -1.13. The van der Waals surface area contributed by atoms with Gasteiger partial charge in [-0.25, -0.2) is 0 Å². The van der Waals surface area contributed by atoms with Crippen molar-refractivity contribution in [3.8, 4) is 0 Å². The van der Waals surface area contributed by atoms with E-state index in [0.29, 0.717) is 0 Å². The van der Waals surface area contributed by atoms with Crippen LogP contribution >= 0.6 is 7.60 Å². The van der Waals surface area contributed by atoms with Crippen LogP contribution in [0.1, 0.15) is 0 Å². The lowest BCUT2D eigenvalue weighted by atomic mass is 10.8. The van der Waals surface area contributed by atoms with E-state index in [0.717, 1.165) is 0 Å². The van der Waals surface area contributed by atoms with Crippen molar-refractivity contribution in [3.63, 3.8) is 0 Å². The largest absolute Gasteiger partial charge is 0.352 e. The maximum Gasteiger partial charge on any atom is 0.352 e. The molecule has 9 heteroatoms. The van der Waals surface area contributed by atoms with Crippen LogP contribution in [0.3, 0.4) is 0 Å². The van der Waals surface area contributed by atoms with Crippen molar-refractivity contribution in [2.24, 2.45) is 5.73 Å². The van der Waals surface area contributed by atoms with Crippen LogP contribution < -0.4 is 5.73 Å². The molecule has 12 heavy (non-hydrogen) atoms. The Labute approximate surface area is 69.8 Å². The molecule has 0 saturated carbocycles. The van der Waals surface area contributed by atoms with Gasteiger partial charge in [0.25, 0.3) is 10.1 Å². The van der Waals surface area contributed by atoms with Crippen molar-refractivity contribution in [1.82, 2.24) is 0 Å². The summed E-state index contributed by atoms with van der Waals surface area (Å²) in [5.41, 5.74) is 4.90. The predicted molar refractivity (Wildman–Crippen MR) is 40.8 cm³/mol. The van der Waals surface area contributed by atoms with E-state index >= 15 is 0 Å². The van der Waals surface area contributed by atoms with E-state index in [1.807, 2.05) is 0 Å². The van der Waals surface area contributed by atoms with Crippen LogP contribution in [0.5, 0.6) is 0 Å². The van der Waals surface area contributed by atoms with Crippen LogP contribution in [0.15, 0.2) is 0 Å². The van der Waals surface area contributed by atoms with Crippen LogP contribution in [0, 0.1) is 0 Å². The highest BCUT2D eigenvalue weighted by molar-refractivity contribution is 7.86. The Morgan fingerprint density at radius 3 is 2.25 bits per heavy atom. The van der Waals surface area contributed by atoms with Crippen molar-refractivity contribution in [1.29, 1.82) is 0 Å². The third kappa shape index (κ3) is 6.71. The fourth-order valence-corrected chi connectivity index (χ4v) is 1.95. The van der Waals surface area contributed by atoms with Crippen LogP contribution in [0.4, 0.5) is 0 Å². The summed E-state index contributed by atoms with van der Waals surface area (Å²) >= 11 is 0. The fraction of sp³-hybridized carbons (Fsp3) is 1.00. The molecular formula is C3H10NO6PS. The van der Waals surface area contributed by atoms with Gasteiger partial charge in [-0.15, -0.1) is 0 Å².